The lowest BCUT2D eigenvalue weighted by molar-refractivity contribution is -0.136. The van der Waals surface area contributed by atoms with Crippen molar-refractivity contribution < 1.29 is 13.2 Å². The van der Waals surface area contributed by atoms with Gasteiger partial charge in [0.25, 0.3) is 0 Å². The van der Waals surface area contributed by atoms with E-state index in [-0.39, 0.29) is 11.6 Å². The molecule has 1 saturated carbocycles. The fourth-order valence-corrected chi connectivity index (χ4v) is 2.54. The van der Waals surface area contributed by atoms with Crippen LogP contribution in [0.15, 0.2) is 18.2 Å². The van der Waals surface area contributed by atoms with Gasteiger partial charge in [0.15, 0.2) is 0 Å². The summed E-state index contributed by atoms with van der Waals surface area (Å²) in [5.74, 6) is 0.548. The lowest BCUT2D eigenvalue weighted by Crippen LogP contribution is -2.26. The summed E-state index contributed by atoms with van der Waals surface area (Å²) in [5.41, 5.74) is -0.226. The maximum atomic E-state index is 13.0. The Bertz CT molecular complexity index is 582. The third-order valence-electron chi connectivity index (χ3n) is 3.49. The van der Waals surface area contributed by atoms with Crippen molar-refractivity contribution in [3.63, 3.8) is 0 Å². The Morgan fingerprint density at radius 2 is 2.00 bits per heavy atom. The van der Waals surface area contributed by atoms with Crippen molar-refractivity contribution in [3.05, 3.63) is 23.8 Å². The highest BCUT2D eigenvalue weighted by atomic mass is 19.4. The van der Waals surface area contributed by atoms with Gasteiger partial charge in [-0.05, 0) is 30.9 Å². The van der Waals surface area contributed by atoms with Crippen LogP contribution < -0.4 is 0 Å². The van der Waals surface area contributed by atoms with Crippen LogP contribution in [0.5, 0.6) is 0 Å². The van der Waals surface area contributed by atoms with Gasteiger partial charge >= 0.3 is 6.18 Å². The van der Waals surface area contributed by atoms with Gasteiger partial charge in [-0.1, -0.05) is 18.2 Å². The number of para-hydroxylation sites is 1. The van der Waals surface area contributed by atoms with E-state index in [1.54, 1.807) is 6.07 Å². The zero-order chi connectivity index (χ0) is 12.9. The second-order valence-corrected chi connectivity index (χ2v) is 4.94. The molecule has 1 fully saturated rings. The zero-order valence-electron chi connectivity index (χ0n) is 9.78. The summed E-state index contributed by atoms with van der Waals surface area (Å²) in [4.78, 5) is 0. The monoisotopic (exact) mass is 255 g/mol. The van der Waals surface area contributed by atoms with Gasteiger partial charge in [-0.15, -0.1) is 5.10 Å². The fourth-order valence-electron chi connectivity index (χ4n) is 2.54. The van der Waals surface area contributed by atoms with Crippen molar-refractivity contribution in [1.29, 1.82) is 0 Å². The SMILES string of the molecule is CC1CC(n2nnc3cccc(C(F)(F)F)c32)C1. The van der Waals surface area contributed by atoms with Crippen LogP contribution in [-0.2, 0) is 6.18 Å². The van der Waals surface area contributed by atoms with E-state index in [0.717, 1.165) is 18.9 Å². The molecular formula is C12H12F3N3. The van der Waals surface area contributed by atoms with Crippen LogP contribution in [0.3, 0.4) is 0 Å². The van der Waals surface area contributed by atoms with Crippen LogP contribution in [0, 0.1) is 5.92 Å². The number of fused-ring (bicyclic) bond motifs is 1. The van der Waals surface area contributed by atoms with Crippen molar-refractivity contribution in [2.45, 2.75) is 32.0 Å². The van der Waals surface area contributed by atoms with Crippen molar-refractivity contribution in [2.24, 2.45) is 5.92 Å². The van der Waals surface area contributed by atoms with Gasteiger partial charge in [-0.25, -0.2) is 4.68 Å². The maximum Gasteiger partial charge on any atom is 0.418 e. The third kappa shape index (κ3) is 1.67. The molecule has 96 valence electrons. The molecule has 0 bridgehead atoms. The van der Waals surface area contributed by atoms with E-state index in [1.165, 1.54) is 10.7 Å². The first-order chi connectivity index (χ1) is 8.47. The molecule has 0 radical (unpaired) electrons. The van der Waals surface area contributed by atoms with Gasteiger partial charge in [0.2, 0.25) is 0 Å². The number of alkyl halides is 3. The largest absolute Gasteiger partial charge is 0.418 e. The number of aromatic nitrogens is 3. The van der Waals surface area contributed by atoms with Crippen LogP contribution in [0.25, 0.3) is 11.0 Å². The molecule has 1 aromatic carbocycles. The lowest BCUT2D eigenvalue weighted by Gasteiger charge is -2.33. The molecule has 18 heavy (non-hydrogen) atoms. The number of benzene rings is 1. The summed E-state index contributed by atoms with van der Waals surface area (Å²) in [6, 6.07) is 4.07. The molecule has 1 aromatic heterocycles. The Labute approximate surface area is 102 Å². The molecule has 3 rings (SSSR count). The van der Waals surface area contributed by atoms with Crippen molar-refractivity contribution >= 4 is 11.0 Å². The van der Waals surface area contributed by atoms with Crippen molar-refractivity contribution in [2.75, 3.05) is 0 Å². The first-order valence-corrected chi connectivity index (χ1v) is 5.88. The fraction of sp³-hybridized carbons (Fsp3) is 0.500. The van der Waals surface area contributed by atoms with Gasteiger partial charge in [0.1, 0.15) is 11.0 Å². The first-order valence-electron chi connectivity index (χ1n) is 5.88. The quantitative estimate of drug-likeness (QED) is 0.781. The number of halogens is 3. The molecule has 6 heteroatoms. The number of nitrogens with zero attached hydrogens (tertiary/aromatic N) is 3. The molecular weight excluding hydrogens is 243 g/mol. The van der Waals surface area contributed by atoms with E-state index >= 15 is 0 Å². The Morgan fingerprint density at radius 3 is 2.61 bits per heavy atom. The van der Waals surface area contributed by atoms with Gasteiger partial charge in [-0.3, -0.25) is 0 Å². The summed E-state index contributed by atoms with van der Waals surface area (Å²) in [6.07, 6.45) is -2.64. The van der Waals surface area contributed by atoms with Gasteiger partial charge in [0, 0.05) is 0 Å². The molecule has 2 aromatic rings. The van der Waals surface area contributed by atoms with Gasteiger partial charge < -0.3 is 0 Å². The number of hydrogen-bond donors (Lipinski definition) is 0. The van der Waals surface area contributed by atoms with Gasteiger partial charge in [0.05, 0.1) is 11.6 Å². The Morgan fingerprint density at radius 1 is 1.28 bits per heavy atom. The molecule has 0 spiro atoms. The molecule has 0 amide bonds. The van der Waals surface area contributed by atoms with Crippen LogP contribution in [0.4, 0.5) is 13.2 Å². The first kappa shape index (κ1) is 11.5. The van der Waals surface area contributed by atoms with Crippen molar-refractivity contribution in [3.8, 4) is 0 Å². The molecule has 1 aliphatic carbocycles. The highest BCUT2D eigenvalue weighted by Gasteiger charge is 2.37. The second-order valence-electron chi connectivity index (χ2n) is 4.94. The number of hydrogen-bond acceptors (Lipinski definition) is 2. The standard InChI is InChI=1S/C12H12F3N3/c1-7-5-8(6-7)18-11-9(12(13,14)15)3-2-4-10(11)16-17-18/h2-4,7-8H,5-6H2,1H3. The molecule has 1 heterocycles. The summed E-state index contributed by atoms with van der Waals surface area (Å²) in [6.45, 7) is 2.08. The van der Waals surface area contributed by atoms with Gasteiger partial charge in [-0.2, -0.15) is 13.2 Å². The van der Waals surface area contributed by atoms with E-state index in [4.69, 9.17) is 0 Å². The normalized spacial score (nSPS) is 24.2. The maximum absolute atomic E-state index is 13.0. The molecule has 1 aliphatic rings. The topological polar surface area (TPSA) is 30.7 Å². The minimum Gasteiger partial charge on any atom is -0.241 e. The molecule has 0 atom stereocenters. The predicted octanol–water partition coefficient (Wildman–Crippen LogP) is 3.42. The average Bonchev–Trinajstić information content (AvgIpc) is 2.66. The van der Waals surface area contributed by atoms with Crippen LogP contribution in [0.1, 0.15) is 31.4 Å². The highest BCUT2D eigenvalue weighted by Crippen LogP contribution is 2.41. The van der Waals surface area contributed by atoms with E-state index in [1.807, 2.05) is 0 Å². The summed E-state index contributed by atoms with van der Waals surface area (Å²) < 4.78 is 40.3. The minimum atomic E-state index is -4.37. The summed E-state index contributed by atoms with van der Waals surface area (Å²) in [7, 11) is 0. The average molecular weight is 255 g/mol. The van der Waals surface area contributed by atoms with E-state index in [9.17, 15) is 13.2 Å². The zero-order valence-corrected chi connectivity index (χ0v) is 9.78. The smallest absolute Gasteiger partial charge is 0.241 e. The van der Waals surface area contributed by atoms with E-state index in [2.05, 4.69) is 17.2 Å². The summed E-state index contributed by atoms with van der Waals surface area (Å²) in [5, 5.41) is 7.73. The lowest BCUT2D eigenvalue weighted by atomic mass is 9.82. The second kappa shape index (κ2) is 3.70. The molecule has 0 aliphatic heterocycles. The summed E-state index contributed by atoms with van der Waals surface area (Å²) >= 11 is 0. The van der Waals surface area contributed by atoms with Crippen LogP contribution in [0.2, 0.25) is 0 Å². The predicted molar refractivity (Wildman–Crippen MR) is 60.0 cm³/mol. The highest BCUT2D eigenvalue weighted by molar-refractivity contribution is 5.78. The van der Waals surface area contributed by atoms with Crippen LogP contribution >= 0.6 is 0 Å². The van der Waals surface area contributed by atoms with E-state index in [0.29, 0.717) is 11.4 Å². The Balaban J connectivity index is 2.16. The van der Waals surface area contributed by atoms with E-state index < -0.39 is 11.7 Å². The molecule has 0 N–H and O–H groups in total. The molecule has 0 unspecified atom stereocenters. The Hall–Kier alpha value is -1.59. The third-order valence-corrected chi connectivity index (χ3v) is 3.49. The minimum absolute atomic E-state index is 0.0495. The van der Waals surface area contributed by atoms with Crippen molar-refractivity contribution in [1.82, 2.24) is 15.0 Å². The van der Waals surface area contributed by atoms with Crippen LogP contribution in [-0.4, -0.2) is 15.0 Å². The Kier molecular flexibility index (Phi) is 2.36. The molecule has 3 nitrogen and oxygen atoms in total. The molecule has 0 saturated heterocycles. The number of rotatable bonds is 1.